The van der Waals surface area contributed by atoms with E-state index < -0.39 is 0 Å². The maximum absolute atomic E-state index is 11.8. The largest absolute Gasteiger partial charge is 0.465 e. The zero-order valence-corrected chi connectivity index (χ0v) is 15.9. The van der Waals surface area contributed by atoms with Crippen LogP contribution in [0.1, 0.15) is 16.8 Å². The number of ether oxygens (including phenoxy) is 2. The van der Waals surface area contributed by atoms with Gasteiger partial charge < -0.3 is 14.4 Å². The van der Waals surface area contributed by atoms with E-state index in [-0.39, 0.29) is 24.4 Å². The minimum Gasteiger partial charge on any atom is -0.465 e. The van der Waals surface area contributed by atoms with Crippen LogP contribution in [-0.2, 0) is 14.3 Å². The summed E-state index contributed by atoms with van der Waals surface area (Å²) in [4.78, 5) is 25.5. The minimum atomic E-state index is -0.385. The summed E-state index contributed by atoms with van der Waals surface area (Å²) in [6.45, 7) is 1.69. The number of nitrogens with zero attached hydrogens (tertiary/aromatic N) is 1. The molecule has 1 fully saturated rings. The molecule has 1 atom stereocenters. The van der Waals surface area contributed by atoms with Gasteiger partial charge in [-0.15, -0.1) is 0 Å². The van der Waals surface area contributed by atoms with Crippen molar-refractivity contribution < 1.29 is 19.1 Å². The third-order valence-electron chi connectivity index (χ3n) is 3.44. The fourth-order valence-electron chi connectivity index (χ4n) is 2.18. The molecule has 0 aliphatic carbocycles. The lowest BCUT2D eigenvalue weighted by Crippen LogP contribution is -2.42. The molecule has 0 unspecified atom stereocenters. The average Bonchev–Trinajstić information content (AvgIpc) is 2.49. The molecular weight excluding hydrogens is 465 g/mol. The number of hydrogen-bond donors (Lipinski definition) is 0. The van der Waals surface area contributed by atoms with Gasteiger partial charge in [0, 0.05) is 16.7 Å². The number of halogens is 2. The molecule has 0 saturated carbocycles. The van der Waals surface area contributed by atoms with Crippen molar-refractivity contribution in [3.05, 3.63) is 27.3 Å². The first-order chi connectivity index (χ1) is 10.5. The van der Waals surface area contributed by atoms with Gasteiger partial charge in [-0.25, -0.2) is 4.79 Å². The molecule has 0 radical (unpaired) electrons. The summed E-state index contributed by atoms with van der Waals surface area (Å²) in [5, 5.41) is 0.308. The molecule has 22 heavy (non-hydrogen) atoms. The van der Waals surface area contributed by atoms with Crippen molar-refractivity contribution in [2.75, 3.05) is 37.0 Å². The molecule has 0 bridgehead atoms. The first-order valence-corrected chi connectivity index (χ1v) is 9.07. The Labute approximate surface area is 151 Å². The predicted octanol–water partition coefficient (Wildman–Crippen LogP) is 2.64. The number of esters is 1. The average molecular weight is 482 g/mol. The van der Waals surface area contributed by atoms with Gasteiger partial charge in [0.15, 0.2) is 5.78 Å². The van der Waals surface area contributed by atoms with Gasteiger partial charge in [-0.2, -0.15) is 0 Å². The highest BCUT2D eigenvalue weighted by atomic mass is 127. The van der Waals surface area contributed by atoms with Crippen LogP contribution in [0.3, 0.4) is 0 Å². The van der Waals surface area contributed by atoms with Crippen LogP contribution in [0.5, 0.6) is 0 Å². The van der Waals surface area contributed by atoms with E-state index in [1.54, 1.807) is 12.1 Å². The van der Waals surface area contributed by atoms with Gasteiger partial charge in [0.2, 0.25) is 0 Å². The van der Waals surface area contributed by atoms with Crippen LogP contribution in [0, 0.1) is 3.57 Å². The summed E-state index contributed by atoms with van der Waals surface area (Å²) in [7, 11) is 1.36. The van der Waals surface area contributed by atoms with Crippen molar-refractivity contribution in [2.45, 2.75) is 12.5 Å². The van der Waals surface area contributed by atoms with Crippen LogP contribution in [0.15, 0.2) is 18.2 Å². The molecular formula is C15H17BrINO4. The van der Waals surface area contributed by atoms with E-state index in [9.17, 15) is 9.59 Å². The normalized spacial score (nSPS) is 16.8. The Kier molecular flexibility index (Phi) is 6.64. The van der Waals surface area contributed by atoms with E-state index in [1.165, 1.54) is 7.11 Å². The van der Waals surface area contributed by atoms with E-state index in [0.29, 0.717) is 17.4 Å². The Morgan fingerprint density at radius 1 is 1.50 bits per heavy atom. The number of rotatable bonds is 7. The number of anilines is 1. The molecule has 7 heteroatoms. The molecule has 0 aromatic heterocycles. The number of alkyl halides is 1. The molecule has 120 valence electrons. The zero-order valence-electron chi connectivity index (χ0n) is 12.2. The highest BCUT2D eigenvalue weighted by Gasteiger charge is 2.24. The van der Waals surface area contributed by atoms with Gasteiger partial charge in [0.05, 0.1) is 36.3 Å². The lowest BCUT2D eigenvalue weighted by atomic mass is 10.1. The van der Waals surface area contributed by atoms with Crippen molar-refractivity contribution in [3.63, 3.8) is 0 Å². The molecule has 5 nitrogen and oxygen atoms in total. The van der Waals surface area contributed by atoms with Crippen LogP contribution < -0.4 is 4.90 Å². The van der Waals surface area contributed by atoms with Crippen molar-refractivity contribution in [1.29, 1.82) is 0 Å². The molecule has 1 aliphatic rings. The monoisotopic (exact) mass is 481 g/mol. The second-order valence-corrected chi connectivity index (χ2v) is 6.72. The lowest BCUT2D eigenvalue weighted by molar-refractivity contribution is -0.115. The molecule has 1 aromatic rings. The Morgan fingerprint density at radius 3 is 2.77 bits per heavy atom. The van der Waals surface area contributed by atoms with Crippen molar-refractivity contribution in [3.8, 4) is 0 Å². The number of benzene rings is 1. The lowest BCUT2D eigenvalue weighted by Gasteiger charge is -2.34. The van der Waals surface area contributed by atoms with Crippen molar-refractivity contribution in [1.82, 2.24) is 0 Å². The maximum Gasteiger partial charge on any atom is 0.337 e. The summed E-state index contributed by atoms with van der Waals surface area (Å²) in [6.07, 6.45) is 1.13. The van der Waals surface area contributed by atoms with Gasteiger partial charge in [-0.05, 0) is 47.2 Å². The highest BCUT2D eigenvalue weighted by molar-refractivity contribution is 14.1. The van der Waals surface area contributed by atoms with Crippen molar-refractivity contribution >= 4 is 56.0 Å². The predicted molar refractivity (Wildman–Crippen MR) is 95.9 cm³/mol. The summed E-state index contributed by atoms with van der Waals surface area (Å²) in [5.41, 5.74) is 1.33. The molecule has 1 aliphatic heterocycles. The second kappa shape index (κ2) is 8.26. The van der Waals surface area contributed by atoms with Gasteiger partial charge in [-0.3, -0.25) is 4.79 Å². The van der Waals surface area contributed by atoms with Crippen LogP contribution in [0.4, 0.5) is 5.69 Å². The van der Waals surface area contributed by atoms with Gasteiger partial charge in [0.1, 0.15) is 0 Å². The van der Waals surface area contributed by atoms with Gasteiger partial charge >= 0.3 is 5.97 Å². The Balaban J connectivity index is 2.27. The standard InChI is InChI=1S/C15H17BrINO4/c1-21-15(20)10-2-3-13(17)14(6-10)18(8-11(19)7-16)9-12-4-5-22-12/h2-3,6,12H,4-5,7-9H2,1H3/t12-/m0/s1. The molecule has 1 saturated heterocycles. The highest BCUT2D eigenvalue weighted by Crippen LogP contribution is 2.26. The number of Topliss-reactive ketones (excluding diaryl/α,β-unsaturated/α-hetero) is 1. The Bertz CT molecular complexity index is 562. The summed E-state index contributed by atoms with van der Waals surface area (Å²) < 4.78 is 11.2. The molecule has 1 aromatic carbocycles. The van der Waals surface area contributed by atoms with Crippen LogP contribution >= 0.6 is 38.5 Å². The molecule has 0 spiro atoms. The van der Waals surface area contributed by atoms with E-state index in [0.717, 1.165) is 22.3 Å². The first kappa shape index (κ1) is 17.7. The van der Waals surface area contributed by atoms with Gasteiger partial charge in [0.25, 0.3) is 0 Å². The fourth-order valence-corrected chi connectivity index (χ4v) is 3.03. The number of ketones is 1. The van der Waals surface area contributed by atoms with E-state index in [2.05, 4.69) is 38.5 Å². The van der Waals surface area contributed by atoms with E-state index in [1.807, 2.05) is 11.0 Å². The first-order valence-electron chi connectivity index (χ1n) is 6.87. The quantitative estimate of drug-likeness (QED) is 0.340. The number of hydrogen-bond acceptors (Lipinski definition) is 5. The minimum absolute atomic E-state index is 0.0820. The SMILES string of the molecule is COC(=O)c1ccc(I)c(N(CC(=O)CBr)C[C@@H]2CCO2)c1. The van der Waals surface area contributed by atoms with Crippen molar-refractivity contribution in [2.24, 2.45) is 0 Å². The maximum atomic E-state index is 11.8. The summed E-state index contributed by atoms with van der Waals surface area (Å²) in [6, 6.07) is 5.35. The van der Waals surface area contributed by atoms with Gasteiger partial charge in [-0.1, -0.05) is 15.9 Å². The number of methoxy groups -OCH3 is 1. The second-order valence-electron chi connectivity index (χ2n) is 4.99. The molecule has 1 heterocycles. The van der Waals surface area contributed by atoms with Crippen LogP contribution in [0.2, 0.25) is 0 Å². The fraction of sp³-hybridized carbons (Fsp3) is 0.467. The summed E-state index contributed by atoms with van der Waals surface area (Å²) in [5.74, 6) is -0.303. The Morgan fingerprint density at radius 2 is 2.23 bits per heavy atom. The van der Waals surface area contributed by atoms with Crippen LogP contribution in [-0.4, -0.2) is 50.0 Å². The third kappa shape index (κ3) is 4.42. The molecule has 0 N–H and O–H groups in total. The Hall–Kier alpha value is -0.670. The van der Waals surface area contributed by atoms with E-state index >= 15 is 0 Å². The van der Waals surface area contributed by atoms with Crippen LogP contribution in [0.25, 0.3) is 0 Å². The molecule has 0 amide bonds. The zero-order chi connectivity index (χ0) is 16.1. The van der Waals surface area contributed by atoms with E-state index in [4.69, 9.17) is 9.47 Å². The number of carbonyl (C=O) groups is 2. The number of carbonyl (C=O) groups excluding carboxylic acids is 2. The molecule has 2 rings (SSSR count). The smallest absolute Gasteiger partial charge is 0.337 e. The topological polar surface area (TPSA) is 55.8 Å². The summed E-state index contributed by atoms with van der Waals surface area (Å²) >= 11 is 5.40. The third-order valence-corrected chi connectivity index (χ3v) is 4.98.